The van der Waals surface area contributed by atoms with Crippen LogP contribution in [0.1, 0.15) is 71.1 Å². The summed E-state index contributed by atoms with van der Waals surface area (Å²) in [5.74, 6) is 0.0926. The van der Waals surface area contributed by atoms with E-state index in [2.05, 4.69) is 0 Å². The van der Waals surface area contributed by atoms with Crippen LogP contribution < -0.4 is 0 Å². The monoisotopic (exact) mass is 295 g/mol. The largest absolute Gasteiger partial charge is 0.481 e. The van der Waals surface area contributed by atoms with Crippen LogP contribution in [0.4, 0.5) is 0 Å². The summed E-state index contributed by atoms with van der Waals surface area (Å²) in [7, 11) is 0. The maximum Gasteiger partial charge on any atom is 0.303 e. The predicted molar refractivity (Wildman–Crippen MR) is 82.0 cm³/mol. The maximum absolute atomic E-state index is 12.6. The highest BCUT2D eigenvalue weighted by molar-refractivity contribution is 5.78. The van der Waals surface area contributed by atoms with Crippen molar-refractivity contribution in [2.45, 2.75) is 71.1 Å². The molecule has 2 aliphatic rings. The number of rotatable bonds is 7. The number of hydrogen-bond donors (Lipinski definition) is 1. The van der Waals surface area contributed by atoms with Crippen molar-refractivity contribution >= 4 is 11.9 Å². The first-order chi connectivity index (χ1) is 10.0. The third-order valence-electron chi connectivity index (χ3n) is 5.40. The van der Waals surface area contributed by atoms with E-state index in [-0.39, 0.29) is 17.7 Å². The van der Waals surface area contributed by atoms with Crippen LogP contribution in [0.3, 0.4) is 0 Å². The standard InChI is InChI=1S/C17H29NO3/c1-2-18(13-14-7-6-8-14)15(19)11-17(12-16(20)21)9-4-3-5-10-17/h14H,2-13H2,1H3,(H,20,21). The molecule has 0 saturated heterocycles. The molecule has 21 heavy (non-hydrogen) atoms. The van der Waals surface area contributed by atoms with Gasteiger partial charge in [0.25, 0.3) is 0 Å². The van der Waals surface area contributed by atoms with E-state index in [1.165, 1.54) is 25.7 Å². The van der Waals surface area contributed by atoms with Crippen molar-refractivity contribution in [3.05, 3.63) is 0 Å². The summed E-state index contributed by atoms with van der Waals surface area (Å²) in [6.45, 7) is 3.65. The summed E-state index contributed by atoms with van der Waals surface area (Å²) < 4.78 is 0. The number of carboxylic acids is 1. The van der Waals surface area contributed by atoms with Crippen LogP contribution in [0.2, 0.25) is 0 Å². The van der Waals surface area contributed by atoms with Crippen LogP contribution in [0.5, 0.6) is 0 Å². The predicted octanol–water partition coefficient (Wildman–Crippen LogP) is 3.45. The van der Waals surface area contributed by atoms with Crippen molar-refractivity contribution in [1.29, 1.82) is 0 Å². The Morgan fingerprint density at radius 1 is 1.10 bits per heavy atom. The molecule has 2 fully saturated rings. The van der Waals surface area contributed by atoms with Crippen molar-refractivity contribution in [2.24, 2.45) is 11.3 Å². The van der Waals surface area contributed by atoms with Crippen LogP contribution in [0.15, 0.2) is 0 Å². The van der Waals surface area contributed by atoms with Crippen molar-refractivity contribution in [3.8, 4) is 0 Å². The molecule has 0 aliphatic heterocycles. The van der Waals surface area contributed by atoms with Gasteiger partial charge in [-0.3, -0.25) is 9.59 Å². The molecule has 4 nitrogen and oxygen atoms in total. The molecule has 0 aromatic carbocycles. The van der Waals surface area contributed by atoms with Gasteiger partial charge in [-0.15, -0.1) is 0 Å². The highest BCUT2D eigenvalue weighted by Gasteiger charge is 2.37. The average Bonchev–Trinajstić information content (AvgIpc) is 2.37. The minimum Gasteiger partial charge on any atom is -0.481 e. The Morgan fingerprint density at radius 2 is 1.76 bits per heavy atom. The summed E-state index contributed by atoms with van der Waals surface area (Å²) in [5.41, 5.74) is -0.284. The second-order valence-corrected chi connectivity index (χ2v) is 7.04. The quantitative estimate of drug-likeness (QED) is 0.782. The summed E-state index contributed by atoms with van der Waals surface area (Å²) in [6, 6.07) is 0. The van der Waals surface area contributed by atoms with Crippen molar-refractivity contribution < 1.29 is 14.7 Å². The highest BCUT2D eigenvalue weighted by atomic mass is 16.4. The lowest BCUT2D eigenvalue weighted by Gasteiger charge is -2.38. The van der Waals surface area contributed by atoms with E-state index in [0.717, 1.165) is 38.8 Å². The molecular formula is C17H29NO3. The second-order valence-electron chi connectivity index (χ2n) is 7.04. The van der Waals surface area contributed by atoms with Gasteiger partial charge in [-0.1, -0.05) is 25.7 Å². The first kappa shape index (κ1) is 16.3. The number of amides is 1. The van der Waals surface area contributed by atoms with E-state index < -0.39 is 5.97 Å². The summed E-state index contributed by atoms with van der Waals surface area (Å²) in [6.07, 6.45) is 9.45. The number of carboxylic acid groups (broad SMARTS) is 1. The first-order valence-electron chi connectivity index (χ1n) is 8.54. The summed E-state index contributed by atoms with van der Waals surface area (Å²) in [4.78, 5) is 25.8. The molecule has 0 heterocycles. The van der Waals surface area contributed by atoms with Gasteiger partial charge >= 0.3 is 5.97 Å². The van der Waals surface area contributed by atoms with Crippen LogP contribution >= 0.6 is 0 Å². The van der Waals surface area contributed by atoms with Gasteiger partial charge in [0, 0.05) is 19.5 Å². The fourth-order valence-corrected chi connectivity index (χ4v) is 3.87. The van der Waals surface area contributed by atoms with E-state index in [9.17, 15) is 14.7 Å². The zero-order chi connectivity index (χ0) is 15.3. The number of aliphatic carboxylic acids is 1. The molecule has 2 aliphatic carbocycles. The van der Waals surface area contributed by atoms with Gasteiger partial charge in [0.15, 0.2) is 0 Å². The normalized spacial score (nSPS) is 21.6. The van der Waals surface area contributed by atoms with Crippen molar-refractivity contribution in [3.63, 3.8) is 0 Å². The van der Waals surface area contributed by atoms with Gasteiger partial charge in [-0.25, -0.2) is 0 Å². The Morgan fingerprint density at radius 3 is 2.24 bits per heavy atom. The van der Waals surface area contributed by atoms with Gasteiger partial charge in [-0.05, 0) is 43.9 Å². The van der Waals surface area contributed by atoms with Crippen LogP contribution in [-0.2, 0) is 9.59 Å². The number of carbonyl (C=O) groups is 2. The lowest BCUT2D eigenvalue weighted by Crippen LogP contribution is -2.41. The zero-order valence-corrected chi connectivity index (χ0v) is 13.3. The van der Waals surface area contributed by atoms with E-state index in [0.29, 0.717) is 12.3 Å². The minimum absolute atomic E-state index is 0.153. The molecule has 2 saturated carbocycles. The molecule has 0 aromatic rings. The van der Waals surface area contributed by atoms with Gasteiger partial charge in [0.1, 0.15) is 0 Å². The highest BCUT2D eigenvalue weighted by Crippen LogP contribution is 2.43. The Kier molecular flexibility index (Phi) is 5.65. The van der Waals surface area contributed by atoms with Gasteiger partial charge < -0.3 is 10.0 Å². The van der Waals surface area contributed by atoms with E-state index in [1.54, 1.807) is 0 Å². The minimum atomic E-state index is -0.758. The van der Waals surface area contributed by atoms with E-state index in [1.807, 2.05) is 11.8 Å². The van der Waals surface area contributed by atoms with Gasteiger partial charge in [0.05, 0.1) is 6.42 Å². The molecule has 1 amide bonds. The molecule has 0 radical (unpaired) electrons. The number of carbonyl (C=O) groups excluding carboxylic acids is 1. The molecule has 0 aromatic heterocycles. The number of nitrogens with zero attached hydrogens (tertiary/aromatic N) is 1. The second kappa shape index (κ2) is 7.28. The molecule has 0 atom stereocenters. The summed E-state index contributed by atoms with van der Waals surface area (Å²) in [5, 5.41) is 9.21. The van der Waals surface area contributed by atoms with Crippen LogP contribution in [0, 0.1) is 11.3 Å². The summed E-state index contributed by atoms with van der Waals surface area (Å²) >= 11 is 0. The molecule has 1 N–H and O–H groups in total. The lowest BCUT2D eigenvalue weighted by molar-refractivity contribution is -0.142. The maximum atomic E-state index is 12.6. The molecular weight excluding hydrogens is 266 g/mol. The Labute approximate surface area is 127 Å². The third-order valence-corrected chi connectivity index (χ3v) is 5.40. The SMILES string of the molecule is CCN(CC1CCC1)C(=O)CC1(CC(=O)O)CCCCC1. The van der Waals surface area contributed by atoms with Crippen LogP contribution in [-0.4, -0.2) is 35.0 Å². The molecule has 2 rings (SSSR count). The topological polar surface area (TPSA) is 57.6 Å². The van der Waals surface area contributed by atoms with Gasteiger partial charge in [0.2, 0.25) is 5.91 Å². The Bertz CT molecular complexity index is 370. The fourth-order valence-electron chi connectivity index (χ4n) is 3.87. The van der Waals surface area contributed by atoms with Crippen molar-refractivity contribution in [1.82, 2.24) is 4.90 Å². The first-order valence-corrected chi connectivity index (χ1v) is 8.54. The lowest BCUT2D eigenvalue weighted by atomic mass is 9.69. The molecule has 0 bridgehead atoms. The zero-order valence-electron chi connectivity index (χ0n) is 13.3. The molecule has 0 unspecified atom stereocenters. The molecule has 0 spiro atoms. The average molecular weight is 295 g/mol. The fraction of sp³-hybridized carbons (Fsp3) is 0.882. The van der Waals surface area contributed by atoms with E-state index >= 15 is 0 Å². The smallest absolute Gasteiger partial charge is 0.303 e. The third kappa shape index (κ3) is 4.45. The van der Waals surface area contributed by atoms with E-state index in [4.69, 9.17) is 0 Å². The Balaban J connectivity index is 1.96. The molecule has 4 heteroatoms. The number of hydrogen-bond acceptors (Lipinski definition) is 2. The Hall–Kier alpha value is -1.06. The molecule has 120 valence electrons. The van der Waals surface area contributed by atoms with Crippen molar-refractivity contribution in [2.75, 3.05) is 13.1 Å². The van der Waals surface area contributed by atoms with Crippen LogP contribution in [0.25, 0.3) is 0 Å². The van der Waals surface area contributed by atoms with Gasteiger partial charge in [-0.2, -0.15) is 0 Å².